The van der Waals surface area contributed by atoms with Crippen LogP contribution in [0, 0.1) is 29.6 Å². The van der Waals surface area contributed by atoms with Gasteiger partial charge in [0.25, 0.3) is 0 Å². The van der Waals surface area contributed by atoms with Gasteiger partial charge in [-0.3, -0.25) is 9.59 Å². The van der Waals surface area contributed by atoms with Crippen LogP contribution in [0.5, 0.6) is 0 Å². The molecule has 3 heteroatoms. The Kier molecular flexibility index (Phi) is 1.56. The first-order valence-corrected chi connectivity index (χ1v) is 5.43. The van der Waals surface area contributed by atoms with Gasteiger partial charge >= 0.3 is 5.97 Å². The van der Waals surface area contributed by atoms with Crippen molar-refractivity contribution in [1.29, 1.82) is 0 Å². The van der Waals surface area contributed by atoms with Gasteiger partial charge in [0.2, 0.25) is 0 Å². The lowest BCUT2D eigenvalue weighted by atomic mass is 9.51. The number of aliphatic carboxylic acids is 1. The first-order chi connectivity index (χ1) is 6.66. The van der Waals surface area contributed by atoms with Crippen molar-refractivity contribution in [2.24, 2.45) is 29.6 Å². The molecule has 4 saturated carbocycles. The second-order valence-corrected chi connectivity index (χ2v) is 5.14. The Morgan fingerprint density at radius 1 is 1.21 bits per heavy atom. The molecular weight excluding hydrogens is 180 g/mol. The van der Waals surface area contributed by atoms with Crippen LogP contribution in [0.4, 0.5) is 0 Å². The lowest BCUT2D eigenvalue weighted by Crippen LogP contribution is -2.53. The molecule has 76 valence electrons. The van der Waals surface area contributed by atoms with E-state index in [1.807, 2.05) is 0 Å². The van der Waals surface area contributed by atoms with Gasteiger partial charge in [0.15, 0.2) is 0 Å². The number of Topliss-reactive ketones (excluding diaryl/α,β-unsaturated/α-hetero) is 1. The fourth-order valence-electron chi connectivity index (χ4n) is 4.01. The average molecular weight is 194 g/mol. The van der Waals surface area contributed by atoms with Crippen LogP contribution < -0.4 is 0 Å². The van der Waals surface area contributed by atoms with Gasteiger partial charge in [0.1, 0.15) is 5.78 Å². The van der Waals surface area contributed by atoms with Crippen LogP contribution in [-0.2, 0) is 9.59 Å². The number of carbonyl (C=O) groups excluding carboxylic acids is 1. The number of carbonyl (C=O) groups is 2. The zero-order valence-corrected chi connectivity index (χ0v) is 7.98. The highest BCUT2D eigenvalue weighted by Gasteiger charge is 2.55. The lowest BCUT2D eigenvalue weighted by Gasteiger charge is -2.51. The molecule has 0 radical (unpaired) electrons. The Morgan fingerprint density at radius 3 is 2.71 bits per heavy atom. The molecule has 5 atom stereocenters. The zero-order chi connectivity index (χ0) is 9.87. The first-order valence-electron chi connectivity index (χ1n) is 5.43. The molecule has 3 nitrogen and oxygen atoms in total. The van der Waals surface area contributed by atoms with Crippen LogP contribution in [0.25, 0.3) is 0 Å². The van der Waals surface area contributed by atoms with E-state index in [1.165, 1.54) is 0 Å². The predicted octanol–water partition coefficient (Wildman–Crippen LogP) is 1.32. The average Bonchev–Trinajstić information content (AvgIpc) is 2.12. The number of hydrogen-bond acceptors (Lipinski definition) is 2. The summed E-state index contributed by atoms with van der Waals surface area (Å²) in [7, 11) is 0. The van der Waals surface area contributed by atoms with E-state index in [4.69, 9.17) is 5.11 Å². The summed E-state index contributed by atoms with van der Waals surface area (Å²) in [5.74, 6) is 0.189. The third kappa shape index (κ3) is 0.928. The second-order valence-electron chi connectivity index (χ2n) is 5.14. The quantitative estimate of drug-likeness (QED) is 0.685. The Hall–Kier alpha value is -0.860. The lowest BCUT2D eigenvalue weighted by molar-refractivity contribution is -0.164. The summed E-state index contributed by atoms with van der Waals surface area (Å²) in [6.07, 6.45) is 3.79. The van der Waals surface area contributed by atoms with E-state index < -0.39 is 5.97 Å². The summed E-state index contributed by atoms with van der Waals surface area (Å²) in [5.41, 5.74) is 0. The molecule has 4 fully saturated rings. The van der Waals surface area contributed by atoms with Crippen LogP contribution in [0.2, 0.25) is 0 Å². The maximum absolute atomic E-state index is 11.8. The maximum Gasteiger partial charge on any atom is 0.307 e. The Bertz CT molecular complexity index is 310. The molecule has 4 aliphatic carbocycles. The Balaban J connectivity index is 1.97. The van der Waals surface area contributed by atoms with Gasteiger partial charge in [-0.1, -0.05) is 0 Å². The summed E-state index contributed by atoms with van der Waals surface area (Å²) in [6.45, 7) is 0. The zero-order valence-electron chi connectivity index (χ0n) is 7.98. The molecule has 0 heterocycles. The molecule has 4 bridgehead atoms. The van der Waals surface area contributed by atoms with Crippen molar-refractivity contribution in [3.8, 4) is 0 Å². The highest BCUT2D eigenvalue weighted by molar-refractivity contribution is 5.90. The van der Waals surface area contributed by atoms with E-state index >= 15 is 0 Å². The van der Waals surface area contributed by atoms with Crippen molar-refractivity contribution in [2.75, 3.05) is 0 Å². The fraction of sp³-hybridized carbons (Fsp3) is 0.818. The van der Waals surface area contributed by atoms with Gasteiger partial charge in [0.05, 0.1) is 5.92 Å². The summed E-state index contributed by atoms with van der Waals surface area (Å²) in [6, 6.07) is 0. The minimum Gasteiger partial charge on any atom is -0.481 e. The van der Waals surface area contributed by atoms with E-state index in [2.05, 4.69) is 0 Å². The van der Waals surface area contributed by atoms with Crippen molar-refractivity contribution in [1.82, 2.24) is 0 Å². The molecule has 4 aliphatic rings. The van der Waals surface area contributed by atoms with Crippen molar-refractivity contribution < 1.29 is 14.7 Å². The van der Waals surface area contributed by atoms with Crippen molar-refractivity contribution in [3.63, 3.8) is 0 Å². The van der Waals surface area contributed by atoms with Gasteiger partial charge in [-0.2, -0.15) is 0 Å². The van der Waals surface area contributed by atoms with E-state index in [0.717, 1.165) is 25.7 Å². The SMILES string of the molecule is O=C(O)[C@@H]1[C@@H]2C[C@@H]3C[C@@H](C2)C(=O)[C@@H]1C3. The van der Waals surface area contributed by atoms with Gasteiger partial charge in [-0.05, 0) is 37.5 Å². The molecule has 1 N–H and O–H groups in total. The van der Waals surface area contributed by atoms with Crippen molar-refractivity contribution >= 4 is 11.8 Å². The Morgan fingerprint density at radius 2 is 2.00 bits per heavy atom. The third-order valence-corrected chi connectivity index (χ3v) is 4.42. The van der Waals surface area contributed by atoms with Crippen molar-refractivity contribution in [3.05, 3.63) is 0 Å². The van der Waals surface area contributed by atoms with Gasteiger partial charge < -0.3 is 5.11 Å². The molecule has 0 spiro atoms. The van der Waals surface area contributed by atoms with E-state index in [0.29, 0.717) is 11.8 Å². The fourth-order valence-corrected chi connectivity index (χ4v) is 4.01. The molecule has 0 aromatic rings. The second kappa shape index (κ2) is 2.59. The molecule has 0 amide bonds. The molecular formula is C11H14O3. The summed E-state index contributed by atoms with van der Waals surface area (Å²) < 4.78 is 0. The molecule has 0 unspecified atom stereocenters. The van der Waals surface area contributed by atoms with Crippen LogP contribution in [0.3, 0.4) is 0 Å². The van der Waals surface area contributed by atoms with E-state index in [1.54, 1.807) is 0 Å². The summed E-state index contributed by atoms with van der Waals surface area (Å²) >= 11 is 0. The van der Waals surface area contributed by atoms with Crippen LogP contribution in [-0.4, -0.2) is 16.9 Å². The maximum atomic E-state index is 11.8. The Labute approximate surface area is 82.5 Å². The molecule has 0 aromatic carbocycles. The standard InChI is InChI=1S/C11H14O3/c12-10-7-2-5-1-6(4-7)9(11(13)14)8(10)3-5/h5-9H,1-4H2,(H,13,14)/t5-,6-,7+,8-,9-/m1/s1. The minimum absolute atomic E-state index is 0.135. The van der Waals surface area contributed by atoms with E-state index in [-0.39, 0.29) is 23.5 Å². The topological polar surface area (TPSA) is 54.4 Å². The third-order valence-electron chi connectivity index (χ3n) is 4.42. The monoisotopic (exact) mass is 194 g/mol. The van der Waals surface area contributed by atoms with E-state index in [9.17, 15) is 9.59 Å². The van der Waals surface area contributed by atoms with Gasteiger partial charge in [-0.25, -0.2) is 0 Å². The number of ketones is 1. The first kappa shape index (κ1) is 8.45. The summed E-state index contributed by atoms with van der Waals surface area (Å²) in [5, 5.41) is 9.11. The smallest absolute Gasteiger partial charge is 0.307 e. The molecule has 14 heavy (non-hydrogen) atoms. The number of carboxylic acid groups (broad SMARTS) is 1. The molecule has 0 aromatic heterocycles. The van der Waals surface area contributed by atoms with Crippen LogP contribution in [0.15, 0.2) is 0 Å². The highest BCUT2D eigenvalue weighted by atomic mass is 16.4. The van der Waals surface area contributed by atoms with Gasteiger partial charge in [-0.15, -0.1) is 0 Å². The number of rotatable bonds is 1. The predicted molar refractivity (Wildman–Crippen MR) is 48.6 cm³/mol. The minimum atomic E-state index is -0.743. The largest absolute Gasteiger partial charge is 0.481 e. The molecule has 4 rings (SSSR count). The van der Waals surface area contributed by atoms with Crippen molar-refractivity contribution in [2.45, 2.75) is 25.7 Å². The molecule has 0 aliphatic heterocycles. The number of hydrogen-bond donors (Lipinski definition) is 1. The van der Waals surface area contributed by atoms with Crippen LogP contribution in [0.1, 0.15) is 25.7 Å². The summed E-state index contributed by atoms with van der Waals surface area (Å²) in [4.78, 5) is 22.9. The van der Waals surface area contributed by atoms with Crippen LogP contribution >= 0.6 is 0 Å². The normalized spacial score (nSPS) is 49.7. The molecule has 0 saturated heterocycles. The highest BCUT2D eigenvalue weighted by Crippen LogP contribution is 2.54. The van der Waals surface area contributed by atoms with Gasteiger partial charge in [0, 0.05) is 11.8 Å². The number of carboxylic acids is 1.